The van der Waals surface area contributed by atoms with Crippen LogP contribution in [0.15, 0.2) is 47.1 Å². The fraction of sp³-hybridized carbons (Fsp3) is 0.478. The van der Waals surface area contributed by atoms with E-state index in [0.717, 1.165) is 50.3 Å². The van der Waals surface area contributed by atoms with E-state index in [1.165, 1.54) is 12.1 Å². The summed E-state index contributed by atoms with van der Waals surface area (Å²) in [7, 11) is 0. The lowest BCUT2D eigenvalue weighted by Gasteiger charge is -2.35. The third kappa shape index (κ3) is 8.51. The Morgan fingerprint density at radius 3 is 2.42 bits per heavy atom. The van der Waals surface area contributed by atoms with Gasteiger partial charge in [-0.15, -0.1) is 0 Å². The second-order valence-electron chi connectivity index (χ2n) is 8.19. The van der Waals surface area contributed by atoms with Gasteiger partial charge in [-0.1, -0.05) is 12.1 Å². The Hall–Kier alpha value is -2.71. The number of benzene rings is 1. The Morgan fingerprint density at radius 1 is 1.19 bits per heavy atom. The van der Waals surface area contributed by atoms with Gasteiger partial charge in [-0.25, -0.2) is 14.0 Å². The maximum absolute atomic E-state index is 13.2. The number of carboxylic acids is 2. The highest BCUT2D eigenvalue weighted by Gasteiger charge is 2.28. The molecule has 0 aliphatic carbocycles. The second kappa shape index (κ2) is 11.6. The summed E-state index contributed by atoms with van der Waals surface area (Å²) < 4.78 is 24.6. The Bertz CT molecular complexity index is 807. The highest BCUT2D eigenvalue weighted by Crippen LogP contribution is 2.29. The molecule has 0 saturated carbocycles. The summed E-state index contributed by atoms with van der Waals surface area (Å²) >= 11 is 0. The topological polar surface area (TPSA) is 109 Å². The smallest absolute Gasteiger partial charge is 0.414 e. The molecule has 0 spiro atoms. The van der Waals surface area contributed by atoms with E-state index in [4.69, 9.17) is 29.0 Å². The van der Waals surface area contributed by atoms with Crippen molar-refractivity contribution in [3.63, 3.8) is 0 Å². The number of carbonyl (C=O) groups is 2. The van der Waals surface area contributed by atoms with Gasteiger partial charge in [0.15, 0.2) is 0 Å². The summed E-state index contributed by atoms with van der Waals surface area (Å²) in [5, 5.41) is 18.4. The maximum atomic E-state index is 13.2. The van der Waals surface area contributed by atoms with Gasteiger partial charge in [0.05, 0.1) is 11.9 Å². The van der Waals surface area contributed by atoms with Gasteiger partial charge in [0, 0.05) is 12.5 Å². The second-order valence-corrected chi connectivity index (χ2v) is 8.19. The van der Waals surface area contributed by atoms with Crippen molar-refractivity contribution in [2.24, 2.45) is 5.92 Å². The summed E-state index contributed by atoms with van der Waals surface area (Å²) in [6.45, 7) is 7.10. The van der Waals surface area contributed by atoms with Gasteiger partial charge in [0.25, 0.3) is 0 Å². The third-order valence-corrected chi connectivity index (χ3v) is 5.18. The van der Waals surface area contributed by atoms with Gasteiger partial charge in [-0.05, 0) is 81.9 Å². The monoisotopic (exact) mass is 435 g/mol. The molecule has 0 bridgehead atoms. The van der Waals surface area contributed by atoms with Crippen LogP contribution in [0.5, 0.6) is 0 Å². The Kier molecular flexibility index (Phi) is 9.21. The fourth-order valence-corrected chi connectivity index (χ4v) is 3.74. The van der Waals surface area contributed by atoms with Crippen LogP contribution in [0, 0.1) is 11.7 Å². The van der Waals surface area contributed by atoms with Crippen LogP contribution in [0.2, 0.25) is 0 Å². The Balaban J connectivity index is 0.000000501. The van der Waals surface area contributed by atoms with Gasteiger partial charge >= 0.3 is 11.9 Å². The molecule has 31 heavy (non-hydrogen) atoms. The van der Waals surface area contributed by atoms with Crippen molar-refractivity contribution in [3.05, 3.63) is 59.8 Å². The van der Waals surface area contributed by atoms with Gasteiger partial charge in [0.2, 0.25) is 0 Å². The molecule has 1 aliphatic rings. The van der Waals surface area contributed by atoms with E-state index in [1.807, 2.05) is 24.3 Å². The van der Waals surface area contributed by atoms with Crippen LogP contribution in [0.3, 0.4) is 0 Å². The normalized spacial score (nSPS) is 18.5. The van der Waals surface area contributed by atoms with E-state index in [9.17, 15) is 4.39 Å². The van der Waals surface area contributed by atoms with Crippen LogP contribution in [0.4, 0.5) is 4.39 Å². The minimum absolute atomic E-state index is 0.00455. The summed E-state index contributed by atoms with van der Waals surface area (Å²) in [4.78, 5) is 18.2. The lowest BCUT2D eigenvalue weighted by atomic mass is 9.88. The lowest BCUT2D eigenvalue weighted by Crippen LogP contribution is -2.38. The van der Waals surface area contributed by atoms with Crippen molar-refractivity contribution in [2.45, 2.75) is 44.6 Å². The first-order chi connectivity index (χ1) is 14.7. The molecule has 1 fully saturated rings. The molecule has 1 saturated heterocycles. The molecular weight excluding hydrogens is 405 g/mol. The predicted octanol–water partition coefficient (Wildman–Crippen LogP) is 3.89. The number of nitrogens with one attached hydrogen (secondary N) is 1. The Morgan fingerprint density at radius 2 is 1.87 bits per heavy atom. The van der Waals surface area contributed by atoms with Crippen LogP contribution in [-0.2, 0) is 14.3 Å². The highest BCUT2D eigenvalue weighted by molar-refractivity contribution is 6.27. The molecule has 2 heterocycles. The average Bonchev–Trinajstić information content (AvgIpc) is 3.23. The van der Waals surface area contributed by atoms with Crippen LogP contribution >= 0.6 is 0 Å². The number of aliphatic carboxylic acids is 2. The number of ether oxygens (including phenoxy) is 1. The minimum atomic E-state index is -1.82. The first-order valence-corrected chi connectivity index (χ1v) is 10.3. The number of furan rings is 1. The standard InChI is InChI=1S/C21H28FNO2.C2H2O4/c1-21(2)14-16(10-13-25-21)15-23-11-9-19(20-4-3-12-24-20)17-5-7-18(22)8-6-17;3-1(4)2(5)6/h3-8,12,16,19,23H,9-11,13-15H2,1-2H3;(H,3,4)(H,5,6). The summed E-state index contributed by atoms with van der Waals surface area (Å²) in [6.07, 6.45) is 4.84. The Labute approximate surface area is 181 Å². The van der Waals surface area contributed by atoms with Crippen molar-refractivity contribution in [1.29, 1.82) is 0 Å². The van der Waals surface area contributed by atoms with Crippen molar-refractivity contribution in [1.82, 2.24) is 5.32 Å². The SMILES string of the molecule is CC1(C)CC(CNCCC(c2ccc(F)cc2)c2ccco2)CCO1.O=C(O)C(=O)O. The quantitative estimate of drug-likeness (QED) is 0.447. The van der Waals surface area contributed by atoms with Crippen molar-refractivity contribution in [3.8, 4) is 0 Å². The van der Waals surface area contributed by atoms with Gasteiger partial charge in [-0.2, -0.15) is 0 Å². The van der Waals surface area contributed by atoms with Crippen LogP contribution in [-0.4, -0.2) is 47.4 Å². The van der Waals surface area contributed by atoms with Gasteiger partial charge < -0.3 is 24.7 Å². The van der Waals surface area contributed by atoms with E-state index in [0.29, 0.717) is 5.92 Å². The average molecular weight is 435 g/mol. The molecule has 1 aliphatic heterocycles. The molecule has 3 N–H and O–H groups in total. The molecule has 0 radical (unpaired) electrons. The molecule has 2 unspecified atom stereocenters. The fourth-order valence-electron chi connectivity index (χ4n) is 3.74. The zero-order chi connectivity index (χ0) is 22.9. The molecule has 3 rings (SSSR count). The molecule has 7 nitrogen and oxygen atoms in total. The summed E-state index contributed by atoms with van der Waals surface area (Å²) in [6, 6.07) is 10.6. The van der Waals surface area contributed by atoms with E-state index >= 15 is 0 Å². The van der Waals surface area contributed by atoms with E-state index in [2.05, 4.69) is 19.2 Å². The minimum Gasteiger partial charge on any atom is -0.473 e. The van der Waals surface area contributed by atoms with Crippen molar-refractivity contribution < 1.29 is 33.3 Å². The molecule has 0 amide bonds. The zero-order valence-corrected chi connectivity index (χ0v) is 17.8. The van der Waals surface area contributed by atoms with E-state index in [-0.39, 0.29) is 17.3 Å². The largest absolute Gasteiger partial charge is 0.473 e. The molecule has 2 aromatic rings. The number of carboxylic acid groups (broad SMARTS) is 2. The first-order valence-electron chi connectivity index (χ1n) is 10.3. The number of hydrogen-bond acceptors (Lipinski definition) is 5. The van der Waals surface area contributed by atoms with Gasteiger partial charge in [0.1, 0.15) is 11.6 Å². The van der Waals surface area contributed by atoms with Crippen molar-refractivity contribution in [2.75, 3.05) is 19.7 Å². The van der Waals surface area contributed by atoms with Crippen LogP contribution in [0.25, 0.3) is 0 Å². The first kappa shape index (κ1) is 24.6. The molecule has 8 heteroatoms. The number of rotatable bonds is 7. The molecule has 170 valence electrons. The number of halogens is 1. The molecule has 2 atom stereocenters. The summed E-state index contributed by atoms with van der Waals surface area (Å²) in [5.74, 6) is -2.11. The van der Waals surface area contributed by atoms with E-state index < -0.39 is 11.9 Å². The lowest BCUT2D eigenvalue weighted by molar-refractivity contribution is -0.159. The third-order valence-electron chi connectivity index (χ3n) is 5.18. The van der Waals surface area contributed by atoms with E-state index in [1.54, 1.807) is 6.26 Å². The predicted molar refractivity (Wildman–Crippen MR) is 112 cm³/mol. The molecular formula is C23H30FNO6. The molecule has 1 aromatic heterocycles. The van der Waals surface area contributed by atoms with Crippen molar-refractivity contribution >= 4 is 11.9 Å². The highest BCUT2D eigenvalue weighted by atomic mass is 19.1. The zero-order valence-electron chi connectivity index (χ0n) is 17.8. The summed E-state index contributed by atoms with van der Waals surface area (Å²) in [5.41, 5.74) is 1.08. The maximum Gasteiger partial charge on any atom is 0.414 e. The van der Waals surface area contributed by atoms with Gasteiger partial charge in [-0.3, -0.25) is 0 Å². The van der Waals surface area contributed by atoms with Crippen LogP contribution in [0.1, 0.15) is 50.4 Å². The van der Waals surface area contributed by atoms with Crippen LogP contribution < -0.4 is 5.32 Å². The molecule has 1 aromatic carbocycles. The number of hydrogen-bond donors (Lipinski definition) is 3.